The average molecular weight is 352 g/mol. The molecule has 8 nitrogen and oxygen atoms in total. The number of hydrogen-bond acceptors (Lipinski definition) is 8. The Balaban J connectivity index is 2.25. The van der Waals surface area contributed by atoms with Gasteiger partial charge >= 0.3 is 124 Å². The number of aliphatic hydroxyl groups excluding tert-OH is 2. The molecule has 0 saturated carbocycles. The van der Waals surface area contributed by atoms with Gasteiger partial charge in [0.1, 0.15) is 0 Å². The van der Waals surface area contributed by atoms with E-state index >= 15 is 0 Å². The van der Waals surface area contributed by atoms with Crippen molar-refractivity contribution < 1.29 is 44.2 Å². The van der Waals surface area contributed by atoms with E-state index in [2.05, 4.69) is 0 Å². The number of nitrogens with zero attached hydrogens (tertiary/aromatic N) is 2. The second-order valence-corrected chi connectivity index (χ2v) is 17.2. The molecule has 0 atom stereocenters. The Morgan fingerprint density at radius 2 is 1.00 bits per heavy atom. The number of rotatable bonds is 4. The Morgan fingerprint density at radius 3 is 1.24 bits per heavy atom. The van der Waals surface area contributed by atoms with Crippen molar-refractivity contribution >= 4 is 17.5 Å². The van der Waals surface area contributed by atoms with Crippen LogP contribution in [0.4, 0.5) is 0 Å². The molecule has 0 aromatic rings. The Labute approximate surface area is 124 Å². The zero-order chi connectivity index (χ0) is 15.6. The van der Waals surface area contributed by atoms with E-state index in [0.717, 1.165) is 0 Å². The molecule has 0 radical (unpaired) electrons. The second kappa shape index (κ2) is 6.50. The number of aliphatic hydroxyl groups is 2. The van der Waals surface area contributed by atoms with Crippen LogP contribution in [0.5, 0.6) is 0 Å². The van der Waals surface area contributed by atoms with Gasteiger partial charge in [0.15, 0.2) is 0 Å². The molecule has 0 bridgehead atoms. The van der Waals surface area contributed by atoms with E-state index in [-0.39, 0.29) is 52.5 Å². The molecule has 1 spiro atoms. The average Bonchev–Trinajstić information content (AvgIpc) is 2.38. The molecule has 2 saturated heterocycles. The molecule has 21 heavy (non-hydrogen) atoms. The quantitative estimate of drug-likeness (QED) is 0.511. The molecule has 0 aromatic carbocycles. The van der Waals surface area contributed by atoms with Crippen molar-refractivity contribution in [1.82, 2.24) is 9.80 Å². The van der Waals surface area contributed by atoms with E-state index in [1.54, 1.807) is 0 Å². The zero-order valence-electron chi connectivity index (χ0n) is 11.8. The van der Waals surface area contributed by atoms with Crippen LogP contribution in [0, 0.1) is 0 Å². The van der Waals surface area contributed by atoms with Crippen molar-refractivity contribution in [1.29, 1.82) is 0 Å². The first kappa shape index (κ1) is 16.5. The van der Waals surface area contributed by atoms with E-state index in [1.165, 1.54) is 9.80 Å². The van der Waals surface area contributed by atoms with Gasteiger partial charge in [0.05, 0.1) is 0 Å². The summed E-state index contributed by atoms with van der Waals surface area (Å²) in [5.41, 5.74) is 0. The minimum absolute atomic E-state index is 0.0935. The van der Waals surface area contributed by atoms with Gasteiger partial charge in [-0.3, -0.25) is 0 Å². The van der Waals surface area contributed by atoms with Crippen molar-refractivity contribution in [3.8, 4) is 0 Å². The summed E-state index contributed by atoms with van der Waals surface area (Å²) in [6.07, 6.45) is 0. The molecule has 2 aliphatic rings. The van der Waals surface area contributed by atoms with Crippen LogP contribution in [0.2, 0.25) is 0 Å². The van der Waals surface area contributed by atoms with Crippen LogP contribution in [0.25, 0.3) is 0 Å². The molecule has 114 valence electrons. The van der Waals surface area contributed by atoms with Gasteiger partial charge in [0, 0.05) is 0 Å². The van der Waals surface area contributed by atoms with E-state index in [0.29, 0.717) is 0 Å². The molecule has 9 heteroatoms. The Morgan fingerprint density at radius 1 is 0.714 bits per heavy atom. The number of β-amino-alcohol motifs (C(OH)–C–C–N with tert-alkyl or cyclic N) is 2. The molecule has 0 aromatic heterocycles. The predicted octanol–water partition coefficient (Wildman–Crippen LogP) is -3.14. The summed E-state index contributed by atoms with van der Waals surface area (Å²) in [7, 11) is 0. The maximum atomic E-state index is 12.4. The molecule has 0 unspecified atom stereocenters. The van der Waals surface area contributed by atoms with Crippen LogP contribution >= 0.6 is 0 Å². The van der Waals surface area contributed by atoms with Gasteiger partial charge in [0.2, 0.25) is 0 Å². The normalized spacial score (nSPS) is 22.6. The zero-order valence-corrected chi connectivity index (χ0v) is 14.8. The van der Waals surface area contributed by atoms with Crippen molar-refractivity contribution in [2.45, 2.75) is 0 Å². The summed E-state index contributed by atoms with van der Waals surface area (Å²) < 4.78 is -1.94. The van der Waals surface area contributed by atoms with E-state index in [9.17, 15) is 19.2 Å². The van der Waals surface area contributed by atoms with Crippen LogP contribution in [-0.4, -0.2) is 90.0 Å². The topological polar surface area (TPSA) is 115 Å². The summed E-state index contributed by atoms with van der Waals surface area (Å²) in [6, 6.07) is 0. The van der Waals surface area contributed by atoms with Gasteiger partial charge in [-0.2, -0.15) is 0 Å². The molecule has 2 aliphatic heterocycles. The first-order valence-electron chi connectivity index (χ1n) is 7.17. The fraction of sp³-hybridized carbons (Fsp3) is 0.667. The summed E-state index contributed by atoms with van der Waals surface area (Å²) in [5, 5.41) is 17.8. The van der Waals surface area contributed by atoms with Crippen LogP contribution < -0.4 is 0 Å². The number of hydrogen-bond donors (Lipinski definition) is 2. The first-order valence-corrected chi connectivity index (χ1v) is 13.1. The summed E-state index contributed by atoms with van der Waals surface area (Å²) in [4.78, 5) is 52.5. The summed E-state index contributed by atoms with van der Waals surface area (Å²) in [6.45, 7) is -0.382. The fourth-order valence-electron chi connectivity index (χ4n) is 3.70. The molecule has 0 aliphatic carbocycles. The van der Waals surface area contributed by atoms with Gasteiger partial charge in [-0.25, -0.2) is 0 Å². The number of carbonyl (C=O) groups excluding carboxylic acids is 4. The van der Waals surface area contributed by atoms with Crippen molar-refractivity contribution in [2.24, 2.45) is 0 Å². The Bertz CT molecular complexity index is 411. The molecular weight excluding hydrogens is 334 g/mol. The second-order valence-electron chi connectivity index (χ2n) is 6.08. The van der Waals surface area contributed by atoms with Crippen molar-refractivity contribution in [3.63, 3.8) is 0 Å². The van der Waals surface area contributed by atoms with Gasteiger partial charge in [-0.05, 0) is 0 Å². The van der Waals surface area contributed by atoms with E-state index in [1.807, 2.05) is 0 Å². The van der Waals surface area contributed by atoms with Crippen LogP contribution in [-0.2, 0) is 34.0 Å². The molecule has 0 amide bonds. The summed E-state index contributed by atoms with van der Waals surface area (Å²) in [5.74, 6) is 0. The summed E-state index contributed by atoms with van der Waals surface area (Å²) >= 11 is -4.95. The SMILES string of the molecule is O=[C]1CN(CCO)C[C](=O)[Zn]12[C](=O)CN(CCO)C[C]2=O. The standard InChI is InChI=1S/2C6H9NO3.Zn/c2*8-4-1-7(2-5-9)3-6-10;/h2*8H,1-4H2;. The Kier molecular flexibility index (Phi) is 5.11. The third-order valence-electron chi connectivity index (χ3n) is 4.80. The van der Waals surface area contributed by atoms with Crippen molar-refractivity contribution in [2.75, 3.05) is 52.5 Å². The van der Waals surface area contributed by atoms with Crippen LogP contribution in [0.1, 0.15) is 0 Å². The molecule has 2 heterocycles. The van der Waals surface area contributed by atoms with E-state index < -0.39 is 32.3 Å². The Hall–Kier alpha value is -0.857. The van der Waals surface area contributed by atoms with Gasteiger partial charge < -0.3 is 0 Å². The van der Waals surface area contributed by atoms with Crippen molar-refractivity contribution in [3.05, 3.63) is 0 Å². The fourth-order valence-corrected chi connectivity index (χ4v) is 14.7. The molecule has 2 rings (SSSR count). The van der Waals surface area contributed by atoms with Crippen LogP contribution in [0.15, 0.2) is 0 Å². The first-order chi connectivity index (χ1) is 9.96. The van der Waals surface area contributed by atoms with Crippen LogP contribution in [0.3, 0.4) is 0 Å². The number of carbonyl (C=O) groups is 4. The maximum absolute atomic E-state index is 12.4. The third kappa shape index (κ3) is 2.76. The monoisotopic (exact) mass is 350 g/mol. The molecular formula is C12H18N2O6Zn. The van der Waals surface area contributed by atoms with Gasteiger partial charge in [0.25, 0.3) is 0 Å². The van der Waals surface area contributed by atoms with E-state index in [4.69, 9.17) is 10.2 Å². The third-order valence-corrected chi connectivity index (χ3v) is 16.6. The van der Waals surface area contributed by atoms with Gasteiger partial charge in [-0.1, -0.05) is 0 Å². The minimum atomic E-state index is -4.95. The molecule has 2 fully saturated rings. The molecule has 2 N–H and O–H groups in total. The van der Waals surface area contributed by atoms with Gasteiger partial charge in [-0.15, -0.1) is 0 Å². The predicted molar refractivity (Wildman–Crippen MR) is 67.1 cm³/mol.